The van der Waals surface area contributed by atoms with E-state index < -0.39 is 0 Å². The minimum atomic E-state index is 0.0808. The van der Waals surface area contributed by atoms with Gasteiger partial charge in [0.15, 0.2) is 0 Å². The fourth-order valence-corrected chi connectivity index (χ4v) is 9.59. The number of anilines is 3. The average molecular weight is 607 g/mol. The Labute approximate surface area is 274 Å². The molecule has 0 atom stereocenters. The van der Waals surface area contributed by atoms with Gasteiger partial charge in [0.2, 0.25) is 6.71 Å². The molecule has 0 N–H and O–H groups in total. The quantitative estimate of drug-likeness (QED) is 0.174. The number of para-hydroxylation sites is 3. The molecule has 0 radical (unpaired) electrons. The van der Waals surface area contributed by atoms with Crippen LogP contribution in [0.3, 0.4) is 0 Å². The lowest BCUT2D eigenvalue weighted by Crippen LogP contribution is -2.61. The molecule has 8 aromatic carbocycles. The number of nitrogens with zero attached hydrogens (tertiary/aromatic N) is 1. The van der Waals surface area contributed by atoms with Crippen LogP contribution in [0.5, 0.6) is 0 Å². The highest BCUT2D eigenvalue weighted by atomic mass is 16.3. The summed E-state index contributed by atoms with van der Waals surface area (Å²) >= 11 is 0. The van der Waals surface area contributed by atoms with Crippen molar-refractivity contribution in [1.29, 1.82) is 0 Å². The van der Waals surface area contributed by atoms with Crippen molar-refractivity contribution in [3.8, 4) is 22.3 Å². The van der Waals surface area contributed by atoms with E-state index in [0.29, 0.717) is 0 Å². The monoisotopic (exact) mass is 607 g/mol. The van der Waals surface area contributed by atoms with Crippen LogP contribution in [-0.2, 0) is 0 Å². The van der Waals surface area contributed by atoms with E-state index in [9.17, 15) is 0 Å². The van der Waals surface area contributed by atoms with Crippen molar-refractivity contribution in [2.75, 3.05) is 4.90 Å². The maximum absolute atomic E-state index is 6.67. The van der Waals surface area contributed by atoms with Crippen LogP contribution in [0.4, 0.5) is 17.1 Å². The largest absolute Gasteiger partial charge is 0.455 e. The van der Waals surface area contributed by atoms with Gasteiger partial charge in [0.1, 0.15) is 22.3 Å². The van der Waals surface area contributed by atoms with E-state index in [2.05, 4.69) is 138 Å². The third-order valence-corrected chi connectivity index (χ3v) is 11.4. The van der Waals surface area contributed by atoms with Crippen molar-refractivity contribution < 1.29 is 8.83 Å². The normalized spacial score (nSPS) is 13.8. The third kappa shape index (κ3) is 2.59. The molecule has 0 spiro atoms. The topological polar surface area (TPSA) is 29.5 Å². The van der Waals surface area contributed by atoms with Crippen LogP contribution in [-0.4, -0.2) is 6.71 Å². The second kappa shape index (κ2) is 7.99. The standard InChI is InChI=1S/C44H22BNO2/c1-2-9-23(10-3-1)46-34-19-17-28-38-30(21-32-24-11-4-6-15-36(24)47-43(28)32)26-13-8-14-27-31-22-33-25-12-5-7-16-37(25)48-44(33)29-18-20-35(46)42(39(29)31)45(40(26)27)41(34)38/h1-22H. The lowest BCUT2D eigenvalue weighted by atomic mass is 9.29. The number of hydrogen-bond donors (Lipinski definition) is 0. The smallest absolute Gasteiger partial charge is 0.249 e. The molecule has 3 nitrogen and oxygen atoms in total. The number of fused-ring (bicyclic) bond motifs is 10. The predicted octanol–water partition coefficient (Wildman–Crippen LogP) is 10.1. The molecule has 0 saturated heterocycles. The zero-order chi connectivity index (χ0) is 30.8. The first-order valence-electron chi connectivity index (χ1n) is 16.6. The molecule has 48 heavy (non-hydrogen) atoms. The Hall–Kier alpha value is -6.26. The fraction of sp³-hybridized carbons (Fsp3) is 0. The molecule has 3 aliphatic heterocycles. The Bertz CT molecular complexity index is 2940. The molecule has 10 aromatic rings. The molecule has 13 rings (SSSR count). The minimum absolute atomic E-state index is 0.0808. The number of hydrogen-bond acceptors (Lipinski definition) is 3. The van der Waals surface area contributed by atoms with E-state index in [1.807, 2.05) is 0 Å². The zero-order valence-electron chi connectivity index (χ0n) is 25.5. The first-order valence-corrected chi connectivity index (χ1v) is 16.6. The molecule has 218 valence electrons. The van der Waals surface area contributed by atoms with E-state index in [0.717, 1.165) is 38.8 Å². The van der Waals surface area contributed by atoms with Crippen molar-refractivity contribution in [3.63, 3.8) is 0 Å². The van der Waals surface area contributed by atoms with Crippen LogP contribution in [0.1, 0.15) is 0 Å². The highest BCUT2D eigenvalue weighted by Crippen LogP contribution is 2.50. The highest BCUT2D eigenvalue weighted by Gasteiger charge is 2.46. The molecule has 2 aromatic heterocycles. The van der Waals surface area contributed by atoms with Gasteiger partial charge in [-0.1, -0.05) is 78.3 Å². The van der Waals surface area contributed by atoms with Crippen molar-refractivity contribution in [2.45, 2.75) is 0 Å². The maximum Gasteiger partial charge on any atom is 0.249 e. The summed E-state index contributed by atoms with van der Waals surface area (Å²) in [4.78, 5) is 2.48. The first-order chi connectivity index (χ1) is 23.8. The van der Waals surface area contributed by atoms with E-state index >= 15 is 0 Å². The molecular weight excluding hydrogens is 585 g/mol. The van der Waals surface area contributed by atoms with Gasteiger partial charge in [0.25, 0.3) is 0 Å². The molecule has 0 fully saturated rings. The van der Waals surface area contributed by atoms with Crippen molar-refractivity contribution in [3.05, 3.63) is 133 Å². The second-order valence-electron chi connectivity index (χ2n) is 13.5. The SMILES string of the molecule is c1ccc(N2c3ccc4c5c(cc6c7ccccc7oc46)-c4cccc6c4B(c35)c3c2ccc2c3c-6cc3c4ccccc4oc23)cc1. The molecular formula is C44H22BNO2. The van der Waals surface area contributed by atoms with Gasteiger partial charge < -0.3 is 13.7 Å². The molecule has 0 amide bonds. The number of rotatable bonds is 1. The summed E-state index contributed by atoms with van der Waals surface area (Å²) < 4.78 is 13.3. The first kappa shape index (κ1) is 24.0. The Morgan fingerprint density at radius 2 is 0.917 bits per heavy atom. The van der Waals surface area contributed by atoms with Gasteiger partial charge in [-0.15, -0.1) is 0 Å². The highest BCUT2D eigenvalue weighted by molar-refractivity contribution is 7.04. The van der Waals surface area contributed by atoms with Gasteiger partial charge in [0.05, 0.1) is 0 Å². The summed E-state index contributed by atoms with van der Waals surface area (Å²) in [5.41, 5.74) is 16.8. The van der Waals surface area contributed by atoms with Crippen LogP contribution in [0.15, 0.2) is 142 Å². The van der Waals surface area contributed by atoms with Gasteiger partial charge in [0, 0.05) is 49.4 Å². The summed E-state index contributed by atoms with van der Waals surface area (Å²) in [5, 5.41) is 9.61. The summed E-state index contributed by atoms with van der Waals surface area (Å²) in [5.74, 6) is 0. The van der Waals surface area contributed by atoms with Gasteiger partial charge >= 0.3 is 0 Å². The number of benzene rings is 8. The van der Waals surface area contributed by atoms with Crippen LogP contribution in [0, 0.1) is 0 Å². The maximum atomic E-state index is 6.67. The van der Waals surface area contributed by atoms with Crippen LogP contribution in [0.2, 0.25) is 0 Å². The zero-order valence-corrected chi connectivity index (χ0v) is 25.5. The van der Waals surface area contributed by atoms with E-state index in [-0.39, 0.29) is 6.71 Å². The van der Waals surface area contributed by atoms with Gasteiger partial charge in [-0.05, 0) is 105 Å². The van der Waals surface area contributed by atoms with Gasteiger partial charge in [-0.2, -0.15) is 0 Å². The summed E-state index contributed by atoms with van der Waals surface area (Å²) in [6.45, 7) is 0.0808. The molecule has 5 heterocycles. The fourth-order valence-electron chi connectivity index (χ4n) is 9.59. The summed E-state index contributed by atoms with van der Waals surface area (Å²) in [7, 11) is 0. The van der Waals surface area contributed by atoms with Crippen molar-refractivity contribution >= 4 is 106 Å². The Morgan fingerprint density at radius 1 is 0.396 bits per heavy atom. The Balaban J connectivity index is 1.29. The average Bonchev–Trinajstić information content (AvgIpc) is 3.71. The second-order valence-corrected chi connectivity index (χ2v) is 13.5. The number of furan rings is 2. The van der Waals surface area contributed by atoms with Crippen LogP contribution >= 0.6 is 0 Å². The molecule has 3 aliphatic rings. The summed E-state index contributed by atoms with van der Waals surface area (Å²) in [6, 6.07) is 48.7. The minimum Gasteiger partial charge on any atom is -0.455 e. The predicted molar refractivity (Wildman–Crippen MR) is 200 cm³/mol. The van der Waals surface area contributed by atoms with Crippen LogP contribution in [0.25, 0.3) is 87.7 Å². The molecule has 0 bridgehead atoms. The third-order valence-electron chi connectivity index (χ3n) is 11.4. The van der Waals surface area contributed by atoms with Gasteiger partial charge in [-0.3, -0.25) is 0 Å². The Morgan fingerprint density at radius 3 is 1.48 bits per heavy atom. The van der Waals surface area contributed by atoms with E-state index in [1.165, 1.54) is 82.3 Å². The molecule has 4 heteroatoms. The lowest BCUT2D eigenvalue weighted by Gasteiger charge is -2.43. The van der Waals surface area contributed by atoms with Crippen LogP contribution < -0.4 is 21.3 Å². The molecule has 0 aliphatic carbocycles. The Kier molecular flexibility index (Phi) is 3.99. The van der Waals surface area contributed by atoms with E-state index in [1.54, 1.807) is 0 Å². The summed E-state index contributed by atoms with van der Waals surface area (Å²) in [6.07, 6.45) is 0. The molecule has 0 saturated carbocycles. The van der Waals surface area contributed by atoms with Crippen molar-refractivity contribution in [1.82, 2.24) is 0 Å². The molecule has 0 unspecified atom stereocenters. The lowest BCUT2D eigenvalue weighted by molar-refractivity contribution is 0.672. The van der Waals surface area contributed by atoms with E-state index in [4.69, 9.17) is 8.83 Å². The van der Waals surface area contributed by atoms with Crippen molar-refractivity contribution in [2.24, 2.45) is 0 Å². The van der Waals surface area contributed by atoms with Gasteiger partial charge in [-0.25, -0.2) is 0 Å².